The van der Waals surface area contributed by atoms with Crippen LogP contribution in [0.15, 0.2) is 66.9 Å². The third-order valence-corrected chi connectivity index (χ3v) is 8.09. The molecule has 2 aromatic heterocycles. The van der Waals surface area contributed by atoms with E-state index in [0.29, 0.717) is 5.92 Å². The molecule has 0 fully saturated rings. The molecule has 0 aliphatic heterocycles. The van der Waals surface area contributed by atoms with Gasteiger partial charge < -0.3 is 0 Å². The van der Waals surface area contributed by atoms with Crippen molar-refractivity contribution in [2.75, 3.05) is 0 Å². The summed E-state index contributed by atoms with van der Waals surface area (Å²) in [5.74, 6) is 0.608. The first-order valence-corrected chi connectivity index (χ1v) is 12.6. The topological polar surface area (TPSA) is 12.9 Å². The van der Waals surface area contributed by atoms with Crippen LogP contribution in [-0.4, -0.2) is 4.98 Å². The standard InChI is InChI=1S/C30H31NS/c1-6-19(7-2)23-13-10-14-24-25-15-16-31-27(29(25)32-28(23)24)21-17-20-11-8-9-12-22(20)26(18-21)30(3,4)5/h8-19H,6-7H2,1-5H3. The van der Waals surface area contributed by atoms with Gasteiger partial charge in [-0.25, -0.2) is 0 Å². The fourth-order valence-electron chi connectivity index (χ4n) is 5.07. The van der Waals surface area contributed by atoms with Crippen molar-refractivity contribution in [3.8, 4) is 11.3 Å². The molecule has 0 saturated carbocycles. The smallest absolute Gasteiger partial charge is 0.0880 e. The first kappa shape index (κ1) is 21.2. The number of rotatable bonds is 4. The van der Waals surface area contributed by atoms with E-state index in [-0.39, 0.29) is 5.41 Å². The molecule has 5 aromatic rings. The lowest BCUT2D eigenvalue weighted by Gasteiger charge is -2.22. The van der Waals surface area contributed by atoms with Crippen molar-refractivity contribution in [3.63, 3.8) is 0 Å². The average molecular weight is 438 g/mol. The summed E-state index contributed by atoms with van der Waals surface area (Å²) in [6.07, 6.45) is 4.34. The Morgan fingerprint density at radius 3 is 2.28 bits per heavy atom. The van der Waals surface area contributed by atoms with E-state index < -0.39 is 0 Å². The van der Waals surface area contributed by atoms with E-state index in [1.165, 1.54) is 60.5 Å². The van der Waals surface area contributed by atoms with Gasteiger partial charge in [0.2, 0.25) is 0 Å². The van der Waals surface area contributed by atoms with Gasteiger partial charge in [0, 0.05) is 27.2 Å². The quantitative estimate of drug-likeness (QED) is 0.273. The predicted octanol–water partition coefficient (Wildman–Crippen LogP) is 9.47. The van der Waals surface area contributed by atoms with E-state index in [4.69, 9.17) is 4.98 Å². The third-order valence-electron chi connectivity index (χ3n) is 6.81. The number of pyridine rings is 1. The summed E-state index contributed by atoms with van der Waals surface area (Å²) >= 11 is 1.93. The second kappa shape index (κ2) is 8.01. The molecule has 3 aromatic carbocycles. The molecule has 0 radical (unpaired) electrons. The van der Waals surface area contributed by atoms with Gasteiger partial charge in [-0.05, 0) is 64.3 Å². The number of thiophene rings is 1. The Bertz CT molecular complexity index is 1430. The van der Waals surface area contributed by atoms with Crippen LogP contribution in [0.25, 0.3) is 42.2 Å². The van der Waals surface area contributed by atoms with Gasteiger partial charge in [0.25, 0.3) is 0 Å². The second-order valence-corrected chi connectivity index (χ2v) is 10.9. The molecule has 0 aliphatic carbocycles. The van der Waals surface area contributed by atoms with E-state index in [2.05, 4.69) is 95.3 Å². The van der Waals surface area contributed by atoms with E-state index >= 15 is 0 Å². The Balaban J connectivity index is 1.82. The second-order valence-electron chi connectivity index (χ2n) is 9.87. The van der Waals surface area contributed by atoms with Gasteiger partial charge in [-0.15, -0.1) is 11.3 Å². The van der Waals surface area contributed by atoms with Crippen molar-refractivity contribution in [1.82, 2.24) is 4.98 Å². The van der Waals surface area contributed by atoms with Gasteiger partial charge in [0.15, 0.2) is 0 Å². The van der Waals surface area contributed by atoms with Gasteiger partial charge in [-0.2, -0.15) is 0 Å². The molecule has 0 N–H and O–H groups in total. The zero-order valence-electron chi connectivity index (χ0n) is 19.7. The summed E-state index contributed by atoms with van der Waals surface area (Å²) in [7, 11) is 0. The fourth-order valence-corrected chi connectivity index (χ4v) is 6.47. The fraction of sp³-hybridized carbons (Fsp3) is 0.300. The summed E-state index contributed by atoms with van der Waals surface area (Å²) in [6, 6.07) is 22.5. The van der Waals surface area contributed by atoms with Gasteiger partial charge in [-0.3, -0.25) is 4.98 Å². The van der Waals surface area contributed by atoms with E-state index in [0.717, 1.165) is 5.69 Å². The first-order valence-electron chi connectivity index (χ1n) is 11.8. The minimum atomic E-state index is 0.0618. The summed E-state index contributed by atoms with van der Waals surface area (Å²) in [6.45, 7) is 11.5. The summed E-state index contributed by atoms with van der Waals surface area (Å²) < 4.78 is 2.73. The van der Waals surface area contributed by atoms with E-state index in [1.54, 1.807) is 0 Å². The monoisotopic (exact) mass is 437 g/mol. The van der Waals surface area contributed by atoms with Crippen LogP contribution in [0.5, 0.6) is 0 Å². The molecule has 0 aliphatic rings. The average Bonchev–Trinajstić information content (AvgIpc) is 3.18. The normalized spacial score (nSPS) is 12.4. The highest BCUT2D eigenvalue weighted by Crippen LogP contribution is 2.44. The number of aromatic nitrogens is 1. The van der Waals surface area contributed by atoms with Crippen molar-refractivity contribution in [3.05, 3.63) is 78.0 Å². The molecule has 0 atom stereocenters. The molecule has 0 saturated heterocycles. The highest BCUT2D eigenvalue weighted by molar-refractivity contribution is 7.26. The van der Waals surface area contributed by atoms with Gasteiger partial charge in [0.05, 0.1) is 10.4 Å². The maximum absolute atomic E-state index is 4.93. The van der Waals surface area contributed by atoms with Gasteiger partial charge >= 0.3 is 0 Å². The summed E-state index contributed by atoms with van der Waals surface area (Å²) in [5, 5.41) is 5.32. The van der Waals surface area contributed by atoms with Crippen LogP contribution in [0.3, 0.4) is 0 Å². The van der Waals surface area contributed by atoms with Crippen LogP contribution < -0.4 is 0 Å². The van der Waals surface area contributed by atoms with Crippen molar-refractivity contribution < 1.29 is 0 Å². The summed E-state index contributed by atoms with van der Waals surface area (Å²) in [5.41, 5.74) is 5.26. The lowest BCUT2D eigenvalue weighted by atomic mass is 9.82. The highest BCUT2D eigenvalue weighted by atomic mass is 32.1. The highest BCUT2D eigenvalue weighted by Gasteiger charge is 2.21. The maximum atomic E-state index is 4.93. The molecule has 0 bridgehead atoms. The molecule has 0 unspecified atom stereocenters. The molecular weight excluding hydrogens is 406 g/mol. The molecule has 0 spiro atoms. The maximum Gasteiger partial charge on any atom is 0.0880 e. The molecular formula is C30H31NS. The predicted molar refractivity (Wildman–Crippen MR) is 142 cm³/mol. The zero-order valence-corrected chi connectivity index (χ0v) is 20.5. The summed E-state index contributed by atoms with van der Waals surface area (Å²) in [4.78, 5) is 4.93. The lowest BCUT2D eigenvalue weighted by molar-refractivity contribution is 0.596. The van der Waals surface area contributed by atoms with E-state index in [1.807, 2.05) is 17.5 Å². The molecule has 0 amide bonds. The lowest BCUT2D eigenvalue weighted by Crippen LogP contribution is -2.12. The van der Waals surface area contributed by atoms with Crippen LogP contribution in [0.2, 0.25) is 0 Å². The molecule has 5 rings (SSSR count). The van der Waals surface area contributed by atoms with Crippen molar-refractivity contribution in [1.29, 1.82) is 0 Å². The molecule has 1 nitrogen and oxygen atoms in total. The molecule has 32 heavy (non-hydrogen) atoms. The Labute approximate surface area is 195 Å². The van der Waals surface area contributed by atoms with Gasteiger partial charge in [0.1, 0.15) is 0 Å². The Morgan fingerprint density at radius 2 is 1.53 bits per heavy atom. The van der Waals surface area contributed by atoms with Crippen LogP contribution in [0.1, 0.15) is 64.5 Å². The Morgan fingerprint density at radius 1 is 0.812 bits per heavy atom. The van der Waals surface area contributed by atoms with Crippen molar-refractivity contribution in [2.45, 2.75) is 58.8 Å². The third kappa shape index (κ3) is 3.42. The zero-order chi connectivity index (χ0) is 22.5. The first-order chi connectivity index (χ1) is 15.4. The van der Waals surface area contributed by atoms with Crippen LogP contribution in [0.4, 0.5) is 0 Å². The minimum Gasteiger partial charge on any atom is -0.255 e. The SMILES string of the molecule is CCC(CC)c1cccc2c1sc1c(-c3cc(C(C)(C)C)c4ccccc4c3)nccc12. The largest absolute Gasteiger partial charge is 0.255 e. The Hall–Kier alpha value is -2.71. The number of hydrogen-bond acceptors (Lipinski definition) is 2. The van der Waals surface area contributed by atoms with Gasteiger partial charge in [-0.1, -0.05) is 77.1 Å². The van der Waals surface area contributed by atoms with Crippen LogP contribution in [0, 0.1) is 0 Å². The molecule has 2 heterocycles. The van der Waals surface area contributed by atoms with Crippen molar-refractivity contribution >= 4 is 42.3 Å². The number of nitrogens with zero attached hydrogens (tertiary/aromatic N) is 1. The molecule has 2 heteroatoms. The molecule has 162 valence electrons. The number of benzene rings is 3. The van der Waals surface area contributed by atoms with Crippen LogP contribution >= 0.6 is 11.3 Å². The van der Waals surface area contributed by atoms with Crippen molar-refractivity contribution in [2.24, 2.45) is 0 Å². The minimum absolute atomic E-state index is 0.0618. The number of hydrogen-bond donors (Lipinski definition) is 0. The number of fused-ring (bicyclic) bond motifs is 4. The van der Waals surface area contributed by atoms with Crippen LogP contribution in [-0.2, 0) is 5.41 Å². The van der Waals surface area contributed by atoms with E-state index in [9.17, 15) is 0 Å². The Kier molecular flexibility index (Phi) is 5.29.